The highest BCUT2D eigenvalue weighted by Gasteiger charge is 2.14. The van der Waals surface area contributed by atoms with E-state index in [0.29, 0.717) is 11.1 Å². The average molecular weight is 172 g/mol. The van der Waals surface area contributed by atoms with Gasteiger partial charge in [0.2, 0.25) is 0 Å². The Morgan fingerprint density at radius 1 is 1.08 bits per heavy atom. The van der Waals surface area contributed by atoms with Gasteiger partial charge in [-0.1, -0.05) is 32.9 Å². The largest absolute Gasteiger partial charge is 0.0561 e. The summed E-state index contributed by atoms with van der Waals surface area (Å²) < 4.78 is 0. The van der Waals surface area contributed by atoms with Crippen molar-refractivity contribution in [1.82, 2.24) is 0 Å². The third-order valence-corrected chi connectivity index (χ3v) is 2.28. The van der Waals surface area contributed by atoms with E-state index >= 15 is 0 Å². The van der Waals surface area contributed by atoms with Gasteiger partial charge in [0.25, 0.3) is 0 Å². The van der Waals surface area contributed by atoms with Crippen LogP contribution in [0.4, 0.5) is 0 Å². The van der Waals surface area contributed by atoms with Gasteiger partial charge in [-0.15, -0.1) is 0 Å². The highest BCUT2D eigenvalue weighted by Crippen LogP contribution is 2.26. The lowest BCUT2D eigenvalue weighted by Gasteiger charge is -2.21. The molecule has 0 heterocycles. The van der Waals surface area contributed by atoms with Crippen LogP contribution in [0.5, 0.6) is 0 Å². The number of benzene rings is 1. The molecule has 0 N–H and O–H groups in total. The van der Waals surface area contributed by atoms with E-state index in [9.17, 15) is 0 Å². The molecule has 1 aromatic rings. The molecule has 0 amide bonds. The van der Waals surface area contributed by atoms with E-state index in [4.69, 9.17) is 13.8 Å². The topological polar surface area (TPSA) is 0 Å². The first-order valence-electron chi connectivity index (χ1n) is 4.48. The smallest absolute Gasteiger partial charge is 0.000616 e. The number of hydrogen-bond donors (Lipinski definition) is 0. The van der Waals surface area contributed by atoms with Gasteiger partial charge in [-0.05, 0) is 48.4 Å². The Bertz CT molecular complexity index is 290. The minimum atomic E-state index is 0.132. The van der Waals surface area contributed by atoms with Gasteiger partial charge >= 0.3 is 0 Å². The van der Waals surface area contributed by atoms with Gasteiger partial charge < -0.3 is 0 Å². The molecule has 0 heteroatoms. The standard InChI is InChI=1S/C13H16/c1-9-7-12(13(4,5)6)8-10(2)11(9)3/h1,3,7-8H,2,4-6H3. The molecule has 0 unspecified atom stereocenters. The van der Waals surface area contributed by atoms with E-state index < -0.39 is 0 Å². The number of hydrogen-bond acceptors (Lipinski definition) is 0. The van der Waals surface area contributed by atoms with Crippen LogP contribution < -0.4 is 0 Å². The Balaban J connectivity index is 3.29. The monoisotopic (exact) mass is 172 g/mol. The molecule has 0 spiro atoms. The molecular weight excluding hydrogens is 156 g/mol. The highest BCUT2D eigenvalue weighted by molar-refractivity contribution is 5.43. The van der Waals surface area contributed by atoms with Gasteiger partial charge in [0.15, 0.2) is 0 Å². The van der Waals surface area contributed by atoms with Crippen molar-refractivity contribution in [3.8, 4) is 0 Å². The van der Waals surface area contributed by atoms with Crippen LogP contribution in [-0.4, -0.2) is 0 Å². The zero-order valence-electron chi connectivity index (χ0n) is 8.81. The summed E-state index contributed by atoms with van der Waals surface area (Å²) in [5.74, 6) is 0. The van der Waals surface area contributed by atoms with Gasteiger partial charge in [0, 0.05) is 0 Å². The van der Waals surface area contributed by atoms with Crippen molar-refractivity contribution >= 4 is 0 Å². The maximum Gasteiger partial charge on any atom is -0.000616 e. The number of rotatable bonds is 0. The minimum absolute atomic E-state index is 0.132. The van der Waals surface area contributed by atoms with Crippen LogP contribution in [-0.2, 0) is 5.41 Å². The first kappa shape index (κ1) is 10.3. The lowest BCUT2D eigenvalue weighted by molar-refractivity contribution is 0.589. The molecule has 0 atom stereocenters. The van der Waals surface area contributed by atoms with Gasteiger partial charge in [0.05, 0.1) is 0 Å². The summed E-state index contributed by atoms with van der Waals surface area (Å²) in [6, 6.07) is 4.06. The molecule has 4 radical (unpaired) electrons. The average Bonchev–Trinajstić information content (AvgIpc) is 1.97. The fourth-order valence-electron chi connectivity index (χ4n) is 1.26. The summed E-state index contributed by atoms with van der Waals surface area (Å²) in [7, 11) is 0. The molecule has 68 valence electrons. The Labute approximate surface area is 82.0 Å². The molecule has 1 rings (SSSR count). The summed E-state index contributed by atoms with van der Waals surface area (Å²) in [6.45, 7) is 20.0. The van der Waals surface area contributed by atoms with E-state index in [-0.39, 0.29) is 5.41 Å². The Morgan fingerprint density at radius 2 is 1.62 bits per heavy atom. The van der Waals surface area contributed by atoms with Crippen molar-refractivity contribution in [2.75, 3.05) is 0 Å². The van der Waals surface area contributed by atoms with Gasteiger partial charge in [0.1, 0.15) is 0 Å². The Morgan fingerprint density at radius 3 is 2.00 bits per heavy atom. The van der Waals surface area contributed by atoms with Crippen molar-refractivity contribution in [2.24, 2.45) is 0 Å². The van der Waals surface area contributed by atoms with E-state index in [1.165, 1.54) is 5.56 Å². The second-order valence-corrected chi connectivity index (χ2v) is 4.55. The van der Waals surface area contributed by atoms with Crippen molar-refractivity contribution < 1.29 is 0 Å². The normalized spacial score (nSPS) is 11.8. The van der Waals surface area contributed by atoms with Gasteiger partial charge in [-0.3, -0.25) is 0 Å². The molecule has 0 saturated heterocycles. The third kappa shape index (κ3) is 2.12. The van der Waals surface area contributed by atoms with Crippen LogP contribution >= 0.6 is 0 Å². The van der Waals surface area contributed by atoms with Crippen molar-refractivity contribution in [1.29, 1.82) is 0 Å². The second-order valence-electron chi connectivity index (χ2n) is 4.55. The van der Waals surface area contributed by atoms with Crippen LogP contribution in [0.1, 0.15) is 43.0 Å². The van der Waals surface area contributed by atoms with E-state index in [0.717, 1.165) is 5.56 Å². The van der Waals surface area contributed by atoms with E-state index in [1.54, 1.807) is 0 Å². The van der Waals surface area contributed by atoms with Gasteiger partial charge in [-0.25, -0.2) is 0 Å². The summed E-state index contributed by atoms with van der Waals surface area (Å²) in [5, 5.41) is 0. The second kappa shape index (κ2) is 3.17. The first-order chi connectivity index (χ1) is 5.82. The van der Waals surface area contributed by atoms with Crippen molar-refractivity contribution in [2.45, 2.75) is 33.1 Å². The summed E-state index contributed by atoms with van der Waals surface area (Å²) in [4.78, 5) is 0. The highest BCUT2D eigenvalue weighted by atomic mass is 14.2. The lowest BCUT2D eigenvalue weighted by Crippen LogP contribution is -2.12. The van der Waals surface area contributed by atoms with Gasteiger partial charge in [-0.2, -0.15) is 0 Å². The van der Waals surface area contributed by atoms with Crippen LogP contribution in [0, 0.1) is 20.8 Å². The molecule has 0 aliphatic rings. The molecule has 0 aliphatic heterocycles. The van der Waals surface area contributed by atoms with Crippen molar-refractivity contribution in [3.63, 3.8) is 0 Å². The predicted molar refractivity (Wildman–Crippen MR) is 56.7 cm³/mol. The van der Waals surface area contributed by atoms with Crippen LogP contribution in [0.2, 0.25) is 0 Å². The molecular formula is C13H16. The summed E-state index contributed by atoms with van der Waals surface area (Å²) in [5.41, 5.74) is 3.81. The number of aryl methyl sites for hydroxylation is 1. The molecule has 0 aromatic heterocycles. The molecule has 1 aromatic carbocycles. The third-order valence-electron chi connectivity index (χ3n) is 2.28. The quantitative estimate of drug-likeness (QED) is 0.562. The van der Waals surface area contributed by atoms with E-state index in [2.05, 4.69) is 26.8 Å². The predicted octanol–water partition coefficient (Wildman–Crippen LogP) is 3.41. The van der Waals surface area contributed by atoms with E-state index in [1.807, 2.05) is 13.0 Å². The minimum Gasteiger partial charge on any atom is -0.0561 e. The fourth-order valence-corrected chi connectivity index (χ4v) is 1.26. The van der Waals surface area contributed by atoms with Crippen LogP contribution in [0.25, 0.3) is 0 Å². The molecule has 0 saturated carbocycles. The van der Waals surface area contributed by atoms with Crippen LogP contribution in [0.3, 0.4) is 0 Å². The molecule has 0 nitrogen and oxygen atoms in total. The molecule has 0 aliphatic carbocycles. The molecule has 13 heavy (non-hydrogen) atoms. The summed E-state index contributed by atoms with van der Waals surface area (Å²) >= 11 is 0. The first-order valence-corrected chi connectivity index (χ1v) is 4.48. The Hall–Kier alpha value is -0.780. The van der Waals surface area contributed by atoms with Crippen LogP contribution in [0.15, 0.2) is 12.1 Å². The maximum absolute atomic E-state index is 5.79. The molecule has 0 bridgehead atoms. The summed E-state index contributed by atoms with van der Waals surface area (Å²) in [6.07, 6.45) is 0. The Kier molecular flexibility index (Phi) is 2.51. The molecule has 0 fully saturated rings. The maximum atomic E-state index is 5.79. The lowest BCUT2D eigenvalue weighted by atomic mass is 9.84. The fraction of sp³-hybridized carbons (Fsp3) is 0.385. The zero-order chi connectivity index (χ0) is 10.2. The SMILES string of the molecule is [CH]c1cc(C(C)(C)C)cc(C)c1[CH]. The zero-order valence-corrected chi connectivity index (χ0v) is 8.81. The van der Waals surface area contributed by atoms with Crippen molar-refractivity contribution in [3.05, 3.63) is 48.2 Å².